The van der Waals surface area contributed by atoms with E-state index in [1.165, 1.54) is 5.56 Å². The molecule has 0 aliphatic carbocycles. The second-order valence-corrected chi connectivity index (χ2v) is 2.46. The van der Waals surface area contributed by atoms with Crippen LogP contribution in [-0.4, -0.2) is 11.6 Å². The van der Waals surface area contributed by atoms with Crippen molar-refractivity contribution in [2.45, 2.75) is 20.8 Å². The fourth-order valence-corrected chi connectivity index (χ4v) is 1.01. The first-order valence-corrected chi connectivity index (χ1v) is 4.58. The van der Waals surface area contributed by atoms with Crippen LogP contribution in [0.1, 0.15) is 19.4 Å². The summed E-state index contributed by atoms with van der Waals surface area (Å²) in [4.78, 5) is 0. The van der Waals surface area contributed by atoms with Gasteiger partial charge in [0, 0.05) is 20.3 Å². The van der Waals surface area contributed by atoms with Gasteiger partial charge in [0.2, 0.25) is 0 Å². The van der Waals surface area contributed by atoms with Crippen molar-refractivity contribution in [3.05, 3.63) is 29.4 Å². The summed E-state index contributed by atoms with van der Waals surface area (Å²) < 4.78 is 1.98. The van der Waals surface area contributed by atoms with Gasteiger partial charge in [-0.3, -0.25) is 0 Å². The Bertz CT molecular complexity index is 276. The zero-order valence-corrected chi connectivity index (χ0v) is 9.13. The molecule has 0 atom stereocenters. The summed E-state index contributed by atoms with van der Waals surface area (Å²) in [7, 11) is 3.77. The minimum absolute atomic E-state index is 0.968. The van der Waals surface area contributed by atoms with E-state index in [1.807, 2.05) is 50.7 Å². The molecule has 0 unspecified atom stereocenters. The van der Waals surface area contributed by atoms with Gasteiger partial charge in [-0.2, -0.15) is 5.10 Å². The summed E-state index contributed by atoms with van der Waals surface area (Å²) in [6.07, 6.45) is 1.98. The van der Waals surface area contributed by atoms with Crippen LogP contribution in [0.15, 0.2) is 23.4 Å². The number of nitrogens with one attached hydrogen (secondary N) is 1. The maximum atomic E-state index is 4.12. The third kappa shape index (κ3) is 3.32. The average molecular weight is 181 g/mol. The van der Waals surface area contributed by atoms with Crippen molar-refractivity contribution < 1.29 is 0 Å². The van der Waals surface area contributed by atoms with Crippen molar-refractivity contribution in [2.24, 2.45) is 12.1 Å². The zero-order valence-electron chi connectivity index (χ0n) is 9.13. The Morgan fingerprint density at radius 1 is 1.38 bits per heavy atom. The van der Waals surface area contributed by atoms with Crippen molar-refractivity contribution in [3.63, 3.8) is 0 Å². The van der Waals surface area contributed by atoms with E-state index in [0.29, 0.717) is 0 Å². The largest absolute Gasteiger partial charge is 0.334 e. The lowest BCUT2D eigenvalue weighted by molar-refractivity contribution is 0.747. The highest BCUT2D eigenvalue weighted by molar-refractivity contribution is 5.06. The molecule has 0 amide bonds. The quantitative estimate of drug-likeness (QED) is 0.652. The molecule has 1 heterocycles. The smallest absolute Gasteiger partial charge is 0.155 e. The fraction of sp³-hybridized carbons (Fsp3) is 0.500. The molecule has 0 bridgehead atoms. The van der Waals surface area contributed by atoms with E-state index in [2.05, 4.69) is 10.5 Å². The molecule has 1 N–H and O–H groups in total. The normalized spacial score (nSPS) is 10.4. The van der Waals surface area contributed by atoms with E-state index in [9.17, 15) is 0 Å². The SMILES string of the molecule is CC.CN/N=c1/c(C)cccn1C. The highest BCUT2D eigenvalue weighted by Crippen LogP contribution is 1.85. The molecule has 74 valence electrons. The van der Waals surface area contributed by atoms with Crippen molar-refractivity contribution >= 4 is 0 Å². The lowest BCUT2D eigenvalue weighted by Crippen LogP contribution is -2.22. The Morgan fingerprint density at radius 2 is 2.00 bits per heavy atom. The van der Waals surface area contributed by atoms with E-state index in [0.717, 1.165) is 5.49 Å². The van der Waals surface area contributed by atoms with Crippen LogP contribution in [0.4, 0.5) is 0 Å². The van der Waals surface area contributed by atoms with Crippen molar-refractivity contribution in [3.8, 4) is 0 Å². The van der Waals surface area contributed by atoms with Gasteiger partial charge < -0.3 is 9.99 Å². The zero-order chi connectivity index (χ0) is 10.3. The van der Waals surface area contributed by atoms with Gasteiger partial charge in [0.1, 0.15) is 0 Å². The van der Waals surface area contributed by atoms with Gasteiger partial charge in [0.25, 0.3) is 0 Å². The van der Waals surface area contributed by atoms with Gasteiger partial charge >= 0.3 is 0 Å². The molecule has 0 saturated carbocycles. The van der Waals surface area contributed by atoms with Crippen LogP contribution in [0.5, 0.6) is 0 Å². The summed E-state index contributed by atoms with van der Waals surface area (Å²) in [6, 6.07) is 4.04. The molecular weight excluding hydrogens is 162 g/mol. The Kier molecular flexibility index (Phi) is 5.68. The van der Waals surface area contributed by atoms with Crippen molar-refractivity contribution in [1.82, 2.24) is 9.99 Å². The first-order valence-electron chi connectivity index (χ1n) is 4.58. The van der Waals surface area contributed by atoms with Gasteiger partial charge in [0.05, 0.1) is 0 Å². The summed E-state index contributed by atoms with van der Waals surface area (Å²) in [5.41, 5.74) is 4.91. The molecule has 0 spiro atoms. The second kappa shape index (κ2) is 6.29. The number of hydrogen-bond donors (Lipinski definition) is 1. The molecule has 3 heteroatoms. The standard InChI is InChI=1S/C8H13N3.C2H6/c1-7-5-4-6-11(3)8(7)10-9-2;1-2/h4-6,9H,1-3H3;1-2H3/b10-8-;. The van der Waals surface area contributed by atoms with E-state index < -0.39 is 0 Å². The second-order valence-electron chi connectivity index (χ2n) is 2.46. The number of pyridine rings is 1. The summed E-state index contributed by atoms with van der Waals surface area (Å²) in [6.45, 7) is 6.04. The monoisotopic (exact) mass is 181 g/mol. The molecule has 1 aromatic heterocycles. The van der Waals surface area contributed by atoms with Gasteiger partial charge in [-0.05, 0) is 18.6 Å². The molecule has 1 aromatic rings. The van der Waals surface area contributed by atoms with E-state index >= 15 is 0 Å². The maximum Gasteiger partial charge on any atom is 0.155 e. The minimum atomic E-state index is 0.968. The number of nitrogens with zero attached hydrogens (tertiary/aromatic N) is 2. The Labute approximate surface area is 80.1 Å². The lowest BCUT2D eigenvalue weighted by Gasteiger charge is -2.01. The number of aromatic nitrogens is 1. The molecule has 0 aliphatic heterocycles. The van der Waals surface area contributed by atoms with Crippen molar-refractivity contribution in [2.75, 3.05) is 7.05 Å². The molecule has 3 nitrogen and oxygen atoms in total. The fourth-order valence-electron chi connectivity index (χ4n) is 1.01. The number of aryl methyl sites for hydroxylation is 2. The Hall–Kier alpha value is -1.25. The van der Waals surface area contributed by atoms with Crippen LogP contribution >= 0.6 is 0 Å². The summed E-state index contributed by atoms with van der Waals surface area (Å²) >= 11 is 0. The molecule has 0 aliphatic rings. The van der Waals surface area contributed by atoms with Crippen LogP contribution in [0.25, 0.3) is 0 Å². The third-order valence-corrected chi connectivity index (χ3v) is 1.56. The first kappa shape index (κ1) is 11.8. The highest BCUT2D eigenvalue weighted by atomic mass is 15.3. The van der Waals surface area contributed by atoms with Crippen LogP contribution in [0.3, 0.4) is 0 Å². The van der Waals surface area contributed by atoms with Gasteiger partial charge in [0.15, 0.2) is 5.49 Å². The Balaban J connectivity index is 0.000000671. The van der Waals surface area contributed by atoms with E-state index in [1.54, 1.807) is 7.05 Å². The minimum Gasteiger partial charge on any atom is -0.334 e. The molecule has 1 rings (SSSR count). The predicted octanol–water partition coefficient (Wildman–Crippen LogP) is 1.39. The summed E-state index contributed by atoms with van der Waals surface area (Å²) in [5.74, 6) is 0. The van der Waals surface area contributed by atoms with Crippen molar-refractivity contribution in [1.29, 1.82) is 0 Å². The maximum absolute atomic E-state index is 4.12. The van der Waals surface area contributed by atoms with Gasteiger partial charge in [-0.15, -0.1) is 0 Å². The van der Waals surface area contributed by atoms with E-state index in [-0.39, 0.29) is 0 Å². The topological polar surface area (TPSA) is 29.3 Å². The lowest BCUT2D eigenvalue weighted by atomic mass is 10.3. The molecule has 0 saturated heterocycles. The molecule has 0 fully saturated rings. The van der Waals surface area contributed by atoms with Crippen LogP contribution in [0.2, 0.25) is 0 Å². The first-order chi connectivity index (χ1) is 6.25. The molecule has 0 aromatic carbocycles. The predicted molar refractivity (Wildman–Crippen MR) is 56.1 cm³/mol. The molecule has 13 heavy (non-hydrogen) atoms. The summed E-state index contributed by atoms with van der Waals surface area (Å²) in [5, 5.41) is 4.12. The Morgan fingerprint density at radius 3 is 2.46 bits per heavy atom. The third-order valence-electron chi connectivity index (χ3n) is 1.56. The molecule has 0 radical (unpaired) electrons. The number of hydrogen-bond acceptors (Lipinski definition) is 2. The highest BCUT2D eigenvalue weighted by Gasteiger charge is 1.89. The van der Waals surface area contributed by atoms with E-state index in [4.69, 9.17) is 0 Å². The van der Waals surface area contributed by atoms with Crippen LogP contribution < -0.4 is 10.9 Å². The van der Waals surface area contributed by atoms with Gasteiger partial charge in [-0.25, -0.2) is 0 Å². The van der Waals surface area contributed by atoms with Gasteiger partial charge in [-0.1, -0.05) is 19.9 Å². The average Bonchev–Trinajstić information content (AvgIpc) is 2.15. The van der Waals surface area contributed by atoms with Crippen LogP contribution in [-0.2, 0) is 7.05 Å². The van der Waals surface area contributed by atoms with Crippen LogP contribution in [0, 0.1) is 6.92 Å². The number of rotatable bonds is 1. The molecular formula is C10H19N3.